The lowest BCUT2D eigenvalue weighted by Crippen LogP contribution is -2.48. The summed E-state index contributed by atoms with van der Waals surface area (Å²) in [5, 5.41) is 8.96. The predicted octanol–water partition coefficient (Wildman–Crippen LogP) is 4.18. The molecule has 12 heteroatoms. The van der Waals surface area contributed by atoms with E-state index >= 15 is 0 Å². The van der Waals surface area contributed by atoms with Crippen LogP contribution < -0.4 is 15.0 Å². The maximum absolute atomic E-state index is 13.2. The summed E-state index contributed by atoms with van der Waals surface area (Å²) < 4.78 is 51.0. The third-order valence-electron chi connectivity index (χ3n) is 6.60. The van der Waals surface area contributed by atoms with Gasteiger partial charge in [-0.25, -0.2) is 9.50 Å². The summed E-state index contributed by atoms with van der Waals surface area (Å²) in [4.78, 5) is 11.4. The van der Waals surface area contributed by atoms with E-state index in [1.54, 1.807) is 22.8 Å². The van der Waals surface area contributed by atoms with Crippen molar-refractivity contribution in [2.24, 2.45) is 17.3 Å². The van der Waals surface area contributed by atoms with Crippen molar-refractivity contribution in [2.45, 2.75) is 45.8 Å². The summed E-state index contributed by atoms with van der Waals surface area (Å²) in [6.07, 6.45) is -0.417. The van der Waals surface area contributed by atoms with E-state index < -0.39 is 18.2 Å². The summed E-state index contributed by atoms with van der Waals surface area (Å²) in [7, 11) is 0. The molecule has 2 bridgehead atoms. The van der Waals surface area contributed by atoms with Crippen LogP contribution in [0.15, 0.2) is 18.3 Å². The number of fused-ring (bicyclic) bond motifs is 3. The molecule has 0 spiro atoms. The first-order valence-corrected chi connectivity index (χ1v) is 11.7. The molecule has 0 amide bonds. The number of nitrogens with zero attached hydrogens (tertiary/aromatic N) is 6. The van der Waals surface area contributed by atoms with Gasteiger partial charge >= 0.3 is 6.18 Å². The zero-order valence-electron chi connectivity index (χ0n) is 18.6. The van der Waals surface area contributed by atoms with Crippen molar-refractivity contribution in [1.29, 1.82) is 0 Å². The highest BCUT2D eigenvalue weighted by molar-refractivity contribution is 7.09. The second kappa shape index (κ2) is 8.00. The van der Waals surface area contributed by atoms with E-state index in [9.17, 15) is 13.2 Å². The standard InChI is InChI=1S/C21H26F3N7OS/c1-12-25-19(33-29-12)30-9-13-6-7-14(10-30)16(13)26-18-27-17-15(5-4-8-31(17)28-18)32-11-20(2,3)21(22,23)24/h4-5,8,13-14,16H,6-7,9-11H2,1-3H3,(H,26,28). The van der Waals surface area contributed by atoms with Crippen molar-refractivity contribution in [3.05, 3.63) is 24.2 Å². The monoisotopic (exact) mass is 481 g/mol. The number of nitrogens with one attached hydrogen (secondary N) is 1. The van der Waals surface area contributed by atoms with E-state index in [1.807, 2.05) is 6.92 Å². The zero-order valence-corrected chi connectivity index (χ0v) is 19.4. The number of hydrogen-bond donors (Lipinski definition) is 1. The molecule has 3 aromatic heterocycles. The predicted molar refractivity (Wildman–Crippen MR) is 119 cm³/mol. The lowest BCUT2D eigenvalue weighted by atomic mass is 9.92. The minimum absolute atomic E-state index is 0.237. The van der Waals surface area contributed by atoms with Crippen LogP contribution in [0.2, 0.25) is 0 Å². The average molecular weight is 482 g/mol. The molecule has 1 aliphatic carbocycles. The number of halogens is 3. The highest BCUT2D eigenvalue weighted by atomic mass is 32.1. The van der Waals surface area contributed by atoms with E-state index in [0.29, 0.717) is 23.4 Å². The highest BCUT2D eigenvalue weighted by Gasteiger charge is 2.48. The zero-order chi connectivity index (χ0) is 23.4. The first-order valence-electron chi connectivity index (χ1n) is 11.0. The molecule has 1 saturated carbocycles. The maximum atomic E-state index is 13.2. The van der Waals surface area contributed by atoms with Gasteiger partial charge in [0, 0.05) is 36.9 Å². The highest BCUT2D eigenvalue weighted by Crippen LogP contribution is 2.41. The number of piperidine rings is 1. The number of rotatable bonds is 6. The summed E-state index contributed by atoms with van der Waals surface area (Å²) in [6.45, 7) is 5.44. The third-order valence-corrected chi connectivity index (χ3v) is 7.47. The maximum Gasteiger partial charge on any atom is 0.397 e. The second-order valence-electron chi connectivity index (χ2n) is 9.54. The van der Waals surface area contributed by atoms with Crippen LogP contribution >= 0.6 is 11.5 Å². The minimum Gasteiger partial charge on any atom is -0.489 e. The molecular formula is C21H26F3N7OS. The SMILES string of the molecule is Cc1nsc(N2CC3CCC(C2)C3Nc2nc3c(OCC(C)(C)C(F)(F)F)cccn3n2)n1. The van der Waals surface area contributed by atoms with Gasteiger partial charge in [-0.3, -0.25) is 0 Å². The second-order valence-corrected chi connectivity index (χ2v) is 10.3. The molecule has 178 valence electrons. The third kappa shape index (κ3) is 4.20. The van der Waals surface area contributed by atoms with Crippen LogP contribution in [0.4, 0.5) is 24.3 Å². The Hall–Kier alpha value is -2.63. The molecule has 1 aliphatic heterocycles. The molecule has 0 aromatic carbocycles. The van der Waals surface area contributed by atoms with Gasteiger partial charge < -0.3 is 15.0 Å². The van der Waals surface area contributed by atoms with Crippen molar-refractivity contribution in [1.82, 2.24) is 24.0 Å². The minimum atomic E-state index is -4.36. The van der Waals surface area contributed by atoms with Crippen molar-refractivity contribution in [3.63, 3.8) is 0 Å². The fraction of sp³-hybridized carbons (Fsp3) is 0.619. The van der Waals surface area contributed by atoms with Gasteiger partial charge in [-0.1, -0.05) is 0 Å². The van der Waals surface area contributed by atoms with Crippen molar-refractivity contribution in [2.75, 3.05) is 29.9 Å². The number of aryl methyl sites for hydroxylation is 1. The van der Waals surface area contributed by atoms with Gasteiger partial charge in [0.15, 0.2) is 11.4 Å². The van der Waals surface area contributed by atoms with Gasteiger partial charge in [-0.05, 0) is 57.6 Å². The summed E-state index contributed by atoms with van der Waals surface area (Å²) in [6, 6.07) is 3.54. The van der Waals surface area contributed by atoms with Crippen LogP contribution in [0.25, 0.3) is 5.65 Å². The molecule has 5 rings (SSSR count). The molecule has 2 atom stereocenters. The van der Waals surface area contributed by atoms with Crippen LogP contribution in [0, 0.1) is 24.2 Å². The number of ether oxygens (including phenoxy) is 1. The van der Waals surface area contributed by atoms with Crippen LogP contribution in [0.5, 0.6) is 5.75 Å². The Kier molecular flexibility index (Phi) is 5.37. The van der Waals surface area contributed by atoms with E-state index in [2.05, 4.69) is 29.7 Å². The van der Waals surface area contributed by atoms with Crippen molar-refractivity contribution < 1.29 is 17.9 Å². The molecule has 2 aliphatic rings. The van der Waals surface area contributed by atoms with Crippen LogP contribution in [-0.2, 0) is 0 Å². The van der Waals surface area contributed by atoms with Crippen molar-refractivity contribution in [3.8, 4) is 5.75 Å². The summed E-state index contributed by atoms with van der Waals surface area (Å²) >= 11 is 1.44. The Bertz CT molecular complexity index is 1130. The Morgan fingerprint density at radius 2 is 1.91 bits per heavy atom. The Morgan fingerprint density at radius 1 is 1.18 bits per heavy atom. The number of hydrogen-bond acceptors (Lipinski definition) is 8. The lowest BCUT2D eigenvalue weighted by molar-refractivity contribution is -0.219. The van der Waals surface area contributed by atoms with E-state index in [4.69, 9.17) is 4.74 Å². The number of aromatic nitrogens is 5. The molecule has 4 heterocycles. The quantitative estimate of drug-likeness (QED) is 0.566. The molecule has 33 heavy (non-hydrogen) atoms. The lowest BCUT2D eigenvalue weighted by Gasteiger charge is -2.37. The Labute approximate surface area is 193 Å². The fourth-order valence-electron chi connectivity index (χ4n) is 4.57. The van der Waals surface area contributed by atoms with Gasteiger partial charge in [0.25, 0.3) is 0 Å². The number of pyridine rings is 1. The average Bonchev–Trinajstić information content (AvgIpc) is 3.41. The molecule has 0 radical (unpaired) electrons. The fourth-order valence-corrected chi connectivity index (χ4v) is 5.27. The normalized spacial score (nSPS) is 23.3. The smallest absolute Gasteiger partial charge is 0.397 e. The summed E-state index contributed by atoms with van der Waals surface area (Å²) in [5.41, 5.74) is -1.58. The molecule has 3 aromatic rings. The van der Waals surface area contributed by atoms with Gasteiger partial charge in [0.2, 0.25) is 11.1 Å². The topological polar surface area (TPSA) is 80.5 Å². The number of anilines is 2. The molecule has 2 fully saturated rings. The molecule has 1 saturated heterocycles. The van der Waals surface area contributed by atoms with Gasteiger partial charge in [-0.15, -0.1) is 5.10 Å². The number of alkyl halides is 3. The molecule has 2 unspecified atom stereocenters. The van der Waals surface area contributed by atoms with Crippen LogP contribution in [0.1, 0.15) is 32.5 Å². The largest absolute Gasteiger partial charge is 0.489 e. The molecule has 8 nitrogen and oxygen atoms in total. The summed E-state index contributed by atoms with van der Waals surface area (Å²) in [5.74, 6) is 2.40. The Balaban J connectivity index is 1.30. The van der Waals surface area contributed by atoms with E-state index in [-0.39, 0.29) is 11.8 Å². The molecule has 1 N–H and O–H groups in total. The first kappa shape index (κ1) is 22.2. The van der Waals surface area contributed by atoms with Crippen LogP contribution in [0.3, 0.4) is 0 Å². The van der Waals surface area contributed by atoms with Gasteiger partial charge in [-0.2, -0.15) is 22.5 Å². The van der Waals surface area contributed by atoms with E-state index in [0.717, 1.165) is 50.7 Å². The van der Waals surface area contributed by atoms with Gasteiger partial charge in [0.1, 0.15) is 12.4 Å². The van der Waals surface area contributed by atoms with E-state index in [1.165, 1.54) is 11.5 Å². The molecular weight excluding hydrogens is 455 g/mol. The van der Waals surface area contributed by atoms with Crippen LogP contribution in [-0.4, -0.2) is 55.9 Å². The Morgan fingerprint density at radius 3 is 2.55 bits per heavy atom. The van der Waals surface area contributed by atoms with Gasteiger partial charge in [0.05, 0.1) is 5.41 Å². The van der Waals surface area contributed by atoms with Crippen molar-refractivity contribution >= 4 is 28.3 Å². The first-order chi connectivity index (χ1) is 15.6.